The number of rotatable bonds is 9. The zero-order chi connectivity index (χ0) is 13.4. The fraction of sp³-hybridized carbons (Fsp3) is 0.727. The van der Waals surface area contributed by atoms with Crippen molar-refractivity contribution in [1.82, 2.24) is 15.5 Å². The quantitative estimate of drug-likeness (QED) is 0.533. The number of hydrogen-bond donors (Lipinski definition) is 2. The first-order chi connectivity index (χ1) is 8.58. The zero-order valence-corrected chi connectivity index (χ0v) is 12.4. The molecule has 1 heterocycles. The van der Waals surface area contributed by atoms with Crippen molar-refractivity contribution in [1.29, 1.82) is 0 Å². The van der Waals surface area contributed by atoms with E-state index in [1.54, 1.807) is 17.3 Å². The molecule has 0 aliphatic heterocycles. The van der Waals surface area contributed by atoms with E-state index in [-0.39, 0.29) is 5.91 Å². The lowest BCUT2D eigenvalue weighted by molar-refractivity contribution is -0.124. The predicted octanol–water partition coefficient (Wildman–Crippen LogP) is 1.65. The summed E-state index contributed by atoms with van der Waals surface area (Å²) in [6, 6.07) is 0. The van der Waals surface area contributed by atoms with E-state index < -0.39 is 5.54 Å². The molecule has 7 heteroatoms. The average molecular weight is 288 g/mol. The van der Waals surface area contributed by atoms with Gasteiger partial charge in [0.25, 0.3) is 0 Å². The molecule has 5 nitrogen and oxygen atoms in total. The second-order valence-electron chi connectivity index (χ2n) is 4.28. The molecule has 1 aromatic heterocycles. The molecule has 0 bridgehead atoms. The molecule has 1 unspecified atom stereocenters. The van der Waals surface area contributed by atoms with Gasteiger partial charge < -0.3 is 11.1 Å². The van der Waals surface area contributed by atoms with Gasteiger partial charge in [-0.2, -0.15) is 0 Å². The third-order valence-electron chi connectivity index (χ3n) is 2.70. The third kappa shape index (κ3) is 4.91. The smallest absolute Gasteiger partial charge is 0.237 e. The molecule has 0 aromatic carbocycles. The Balaban J connectivity index is 2.31. The van der Waals surface area contributed by atoms with Crippen LogP contribution in [0.5, 0.6) is 0 Å². The van der Waals surface area contributed by atoms with E-state index in [0.717, 1.165) is 35.9 Å². The number of thioether (sulfide) groups is 1. The number of aromatic nitrogens is 2. The lowest BCUT2D eigenvalue weighted by Gasteiger charge is -2.27. The minimum Gasteiger partial charge on any atom is -0.368 e. The number of amides is 1. The minimum atomic E-state index is -0.600. The first kappa shape index (κ1) is 15.4. The van der Waals surface area contributed by atoms with Crippen LogP contribution in [0.1, 0.15) is 33.1 Å². The summed E-state index contributed by atoms with van der Waals surface area (Å²) in [6.45, 7) is 4.75. The van der Waals surface area contributed by atoms with Crippen molar-refractivity contribution < 1.29 is 4.79 Å². The number of nitrogens with two attached hydrogens (primary N) is 1. The van der Waals surface area contributed by atoms with Crippen LogP contribution in [-0.2, 0) is 4.79 Å². The summed E-state index contributed by atoms with van der Waals surface area (Å²) in [5.41, 5.74) is 6.58. The van der Waals surface area contributed by atoms with Crippen molar-refractivity contribution in [3.8, 4) is 0 Å². The topological polar surface area (TPSA) is 80.9 Å². The van der Waals surface area contributed by atoms with Gasteiger partial charge in [0.05, 0.1) is 5.54 Å². The van der Waals surface area contributed by atoms with Crippen molar-refractivity contribution in [2.24, 2.45) is 5.73 Å². The summed E-state index contributed by atoms with van der Waals surface area (Å²) in [4.78, 5) is 11.5. The molecule has 0 aliphatic rings. The lowest BCUT2D eigenvalue weighted by Crippen LogP contribution is -2.53. The Kier molecular flexibility index (Phi) is 6.59. The summed E-state index contributed by atoms with van der Waals surface area (Å²) in [5, 5.41) is 11.0. The molecular weight excluding hydrogens is 268 g/mol. The Bertz CT molecular complexity index is 358. The number of nitrogens with zero attached hydrogens (tertiary/aromatic N) is 2. The van der Waals surface area contributed by atoms with Crippen LogP contribution in [0, 0.1) is 0 Å². The van der Waals surface area contributed by atoms with Crippen molar-refractivity contribution in [2.75, 3.05) is 12.3 Å². The largest absolute Gasteiger partial charge is 0.368 e. The zero-order valence-electron chi connectivity index (χ0n) is 10.8. The van der Waals surface area contributed by atoms with E-state index in [4.69, 9.17) is 5.73 Å². The van der Waals surface area contributed by atoms with Gasteiger partial charge in [0.15, 0.2) is 4.34 Å². The first-order valence-corrected chi connectivity index (χ1v) is 7.89. The van der Waals surface area contributed by atoms with E-state index in [0.29, 0.717) is 0 Å². The van der Waals surface area contributed by atoms with E-state index in [1.165, 1.54) is 11.3 Å². The SMILES string of the molecule is CCCNC(C)(CCCSc1nncs1)C(N)=O. The number of carbonyl (C=O) groups is 1. The molecule has 0 saturated carbocycles. The van der Waals surface area contributed by atoms with Gasteiger partial charge in [-0.15, -0.1) is 10.2 Å². The van der Waals surface area contributed by atoms with Crippen LogP contribution in [0.2, 0.25) is 0 Å². The second kappa shape index (κ2) is 7.70. The summed E-state index contributed by atoms with van der Waals surface area (Å²) in [7, 11) is 0. The average Bonchev–Trinajstić information content (AvgIpc) is 2.85. The molecule has 0 saturated heterocycles. The highest BCUT2D eigenvalue weighted by Crippen LogP contribution is 2.22. The molecule has 0 fully saturated rings. The van der Waals surface area contributed by atoms with Crippen molar-refractivity contribution in [3.63, 3.8) is 0 Å². The third-order valence-corrected chi connectivity index (χ3v) is 4.64. The molecule has 0 spiro atoms. The van der Waals surface area contributed by atoms with Gasteiger partial charge in [0.1, 0.15) is 5.51 Å². The summed E-state index contributed by atoms with van der Waals surface area (Å²) >= 11 is 3.20. The Morgan fingerprint density at radius 3 is 3.00 bits per heavy atom. The van der Waals surface area contributed by atoms with Gasteiger partial charge in [0, 0.05) is 5.75 Å². The summed E-state index contributed by atoms with van der Waals surface area (Å²) in [5.74, 6) is 0.642. The van der Waals surface area contributed by atoms with Crippen LogP contribution in [0.4, 0.5) is 0 Å². The highest BCUT2D eigenvalue weighted by Gasteiger charge is 2.29. The maximum atomic E-state index is 11.5. The minimum absolute atomic E-state index is 0.281. The van der Waals surface area contributed by atoms with Crippen LogP contribution < -0.4 is 11.1 Å². The van der Waals surface area contributed by atoms with E-state index in [1.807, 2.05) is 6.92 Å². The second-order valence-corrected chi connectivity index (χ2v) is 6.46. The van der Waals surface area contributed by atoms with Crippen LogP contribution in [-0.4, -0.2) is 33.9 Å². The standard InChI is InChI=1S/C11H20N4OS2/c1-3-6-13-11(2,9(12)16)5-4-7-17-10-15-14-8-18-10/h8,13H,3-7H2,1-2H3,(H2,12,16). The van der Waals surface area contributed by atoms with Crippen molar-refractivity contribution >= 4 is 29.0 Å². The number of nitrogens with one attached hydrogen (secondary N) is 1. The summed E-state index contributed by atoms with van der Waals surface area (Å²) in [6.07, 6.45) is 2.65. The molecule has 3 N–H and O–H groups in total. The fourth-order valence-electron chi connectivity index (χ4n) is 1.51. The maximum absolute atomic E-state index is 11.5. The van der Waals surface area contributed by atoms with Gasteiger partial charge in [-0.1, -0.05) is 30.0 Å². The predicted molar refractivity (Wildman–Crippen MR) is 75.8 cm³/mol. The molecule has 0 radical (unpaired) electrons. The Labute approximate surface area is 116 Å². The van der Waals surface area contributed by atoms with Crippen LogP contribution >= 0.6 is 23.1 Å². The summed E-state index contributed by atoms with van der Waals surface area (Å²) < 4.78 is 0.970. The number of hydrogen-bond acceptors (Lipinski definition) is 6. The lowest BCUT2D eigenvalue weighted by atomic mass is 9.95. The van der Waals surface area contributed by atoms with Gasteiger partial charge in [0.2, 0.25) is 5.91 Å². The molecular formula is C11H20N4OS2. The van der Waals surface area contributed by atoms with Crippen molar-refractivity contribution in [3.05, 3.63) is 5.51 Å². The van der Waals surface area contributed by atoms with Crippen LogP contribution in [0.3, 0.4) is 0 Å². The Morgan fingerprint density at radius 2 is 2.44 bits per heavy atom. The van der Waals surface area contributed by atoms with Crippen LogP contribution in [0.25, 0.3) is 0 Å². The fourth-order valence-corrected chi connectivity index (χ4v) is 3.01. The molecule has 1 rings (SSSR count). The van der Waals surface area contributed by atoms with E-state index in [9.17, 15) is 4.79 Å². The van der Waals surface area contributed by atoms with Crippen LogP contribution in [0.15, 0.2) is 9.85 Å². The van der Waals surface area contributed by atoms with Gasteiger partial charge in [-0.25, -0.2) is 0 Å². The molecule has 102 valence electrons. The number of primary amides is 1. The normalized spacial score (nSPS) is 14.3. The highest BCUT2D eigenvalue weighted by atomic mass is 32.2. The Hall–Kier alpha value is -0.660. The van der Waals surface area contributed by atoms with E-state index in [2.05, 4.69) is 22.4 Å². The van der Waals surface area contributed by atoms with Gasteiger partial charge in [-0.3, -0.25) is 4.79 Å². The van der Waals surface area contributed by atoms with Gasteiger partial charge in [-0.05, 0) is 32.7 Å². The molecule has 1 atom stereocenters. The van der Waals surface area contributed by atoms with Gasteiger partial charge >= 0.3 is 0 Å². The first-order valence-electron chi connectivity index (χ1n) is 6.02. The molecule has 18 heavy (non-hydrogen) atoms. The number of carbonyl (C=O) groups excluding carboxylic acids is 1. The highest BCUT2D eigenvalue weighted by molar-refractivity contribution is 8.00. The monoisotopic (exact) mass is 288 g/mol. The van der Waals surface area contributed by atoms with E-state index >= 15 is 0 Å². The maximum Gasteiger partial charge on any atom is 0.237 e. The molecule has 1 aromatic rings. The van der Waals surface area contributed by atoms with Crippen molar-refractivity contribution in [2.45, 2.75) is 43.0 Å². The molecule has 1 amide bonds. The Morgan fingerprint density at radius 1 is 1.67 bits per heavy atom. The molecule has 0 aliphatic carbocycles.